The summed E-state index contributed by atoms with van der Waals surface area (Å²) in [4.78, 5) is 67.8. The van der Waals surface area contributed by atoms with Crippen LogP contribution in [-0.2, 0) is 50.5 Å². The fourth-order valence-corrected chi connectivity index (χ4v) is 6.08. The van der Waals surface area contributed by atoms with E-state index in [1.165, 1.54) is 50.9 Å². The number of carbonyl (C=O) groups excluding carboxylic acids is 5. The minimum atomic E-state index is -1.32. The van der Waals surface area contributed by atoms with Crippen molar-refractivity contribution in [3.8, 4) is 5.75 Å². The molecular formula is C24H27B4I2N5O11S2. The zero-order chi connectivity index (χ0) is 35.5. The summed E-state index contributed by atoms with van der Waals surface area (Å²) in [5.41, 5.74) is 0.116. The Labute approximate surface area is 309 Å². The molecule has 252 valence electrons. The van der Waals surface area contributed by atoms with Gasteiger partial charge in [0.1, 0.15) is 12.7 Å². The molecule has 2 heterocycles. The number of esters is 1. The Morgan fingerprint density at radius 3 is 2.60 bits per heavy atom. The number of hydrogen-bond acceptors (Lipinski definition) is 13. The first-order valence-electron chi connectivity index (χ1n) is 13.9. The molecule has 24 heteroatoms. The quantitative estimate of drug-likeness (QED) is 0.185. The number of carbonyl (C=O) groups is 5. The molecule has 1 fully saturated rings. The van der Waals surface area contributed by atoms with Gasteiger partial charge in [0.15, 0.2) is 0 Å². The van der Waals surface area contributed by atoms with Gasteiger partial charge >= 0.3 is 280 Å². The zero-order valence-electron chi connectivity index (χ0n) is 25.8. The third-order valence-corrected chi connectivity index (χ3v) is 10.7. The maximum atomic E-state index is 13.2. The Kier molecular flexibility index (Phi) is 15.9. The molecule has 0 spiro atoms. The van der Waals surface area contributed by atoms with Crippen LogP contribution in [0.25, 0.3) is 0 Å². The van der Waals surface area contributed by atoms with Gasteiger partial charge in [0, 0.05) is 0 Å². The Morgan fingerprint density at radius 1 is 1.25 bits per heavy atom. The molecule has 1 aromatic heterocycles. The number of anilines is 1. The SMILES string of the molecule is [B]B=S(I)OC(=O)N(C)CC(=O)Nc1cc(COC(=O)n2cncn2)ccc1O[C@@H]1OC(C(=O)B(I)B=S=O)[C@@H](C)[C@H](C)C1OC(C)=O. The van der Waals surface area contributed by atoms with Crippen LogP contribution in [0.1, 0.15) is 26.3 Å². The van der Waals surface area contributed by atoms with Crippen LogP contribution in [0.4, 0.5) is 15.3 Å². The molecule has 2 radical (unpaired) electrons. The normalized spacial score (nSPS) is 20.6. The van der Waals surface area contributed by atoms with Crippen molar-refractivity contribution in [2.45, 2.75) is 45.9 Å². The number of ether oxygens (including phenoxy) is 4. The molecule has 1 aliphatic heterocycles. The summed E-state index contributed by atoms with van der Waals surface area (Å²) in [6, 6.07) is 6.90. The monoisotopic (exact) mass is 923 g/mol. The van der Waals surface area contributed by atoms with Gasteiger partial charge in [-0.15, -0.1) is 5.10 Å². The maximum absolute atomic E-state index is 13.2. The topological polar surface area (TPSA) is 195 Å². The molecule has 1 aliphatic rings. The van der Waals surface area contributed by atoms with Crippen LogP contribution in [0.5, 0.6) is 5.75 Å². The number of nitrogens with one attached hydrogen (secondary N) is 1. The Bertz CT molecular complexity index is 1610. The van der Waals surface area contributed by atoms with Crippen LogP contribution < -0.4 is 10.1 Å². The van der Waals surface area contributed by atoms with Crippen LogP contribution in [0.2, 0.25) is 0 Å². The van der Waals surface area contributed by atoms with Gasteiger partial charge in [0.2, 0.25) is 0 Å². The van der Waals surface area contributed by atoms with Crippen molar-refractivity contribution in [1.29, 1.82) is 0 Å². The van der Waals surface area contributed by atoms with Crippen molar-refractivity contribution in [3.63, 3.8) is 0 Å². The molecule has 6 atom stereocenters. The van der Waals surface area contributed by atoms with Crippen molar-refractivity contribution < 1.29 is 51.3 Å². The molecule has 0 bridgehead atoms. The molecule has 2 amide bonds. The van der Waals surface area contributed by atoms with Gasteiger partial charge in [0.25, 0.3) is 0 Å². The van der Waals surface area contributed by atoms with E-state index in [2.05, 4.69) is 15.4 Å². The fourth-order valence-electron chi connectivity index (χ4n) is 4.35. The molecule has 1 saturated heterocycles. The molecule has 16 nitrogen and oxygen atoms in total. The van der Waals surface area contributed by atoms with Crippen molar-refractivity contribution in [2.24, 2.45) is 11.8 Å². The van der Waals surface area contributed by atoms with Crippen molar-refractivity contribution >= 4 is 122 Å². The average Bonchev–Trinajstić information content (AvgIpc) is 3.59. The molecule has 2 aromatic rings. The van der Waals surface area contributed by atoms with Gasteiger partial charge in [-0.3, -0.25) is 0 Å². The van der Waals surface area contributed by atoms with Crippen molar-refractivity contribution in [1.82, 2.24) is 19.7 Å². The molecule has 0 aliphatic carbocycles. The van der Waals surface area contributed by atoms with E-state index in [0.29, 0.717) is 5.56 Å². The van der Waals surface area contributed by atoms with Crippen LogP contribution in [-0.4, -0.2) is 110 Å². The van der Waals surface area contributed by atoms with Crippen molar-refractivity contribution in [2.75, 3.05) is 18.9 Å². The summed E-state index contributed by atoms with van der Waals surface area (Å²) in [5.74, 6) is -2.10. The number of nitrogens with zero attached hydrogens (tertiary/aromatic N) is 4. The first-order valence-corrected chi connectivity index (χ1v) is 19.7. The second-order valence-electron chi connectivity index (χ2n) is 10.2. The number of benzene rings is 1. The Hall–Kier alpha value is -2.44. The minimum absolute atomic E-state index is 0.0364. The van der Waals surface area contributed by atoms with E-state index in [0.717, 1.165) is 9.58 Å². The van der Waals surface area contributed by atoms with Gasteiger partial charge in [-0.05, 0) is 0 Å². The third-order valence-electron chi connectivity index (χ3n) is 6.88. The number of amides is 2. The summed E-state index contributed by atoms with van der Waals surface area (Å²) in [7, 11) is 5.74. The van der Waals surface area contributed by atoms with E-state index >= 15 is 0 Å². The van der Waals surface area contributed by atoms with E-state index in [1.807, 2.05) is 43.6 Å². The zero-order valence-corrected chi connectivity index (χ0v) is 31.8. The van der Waals surface area contributed by atoms with E-state index in [9.17, 15) is 28.2 Å². The van der Waals surface area contributed by atoms with E-state index in [4.69, 9.17) is 30.9 Å². The van der Waals surface area contributed by atoms with Crippen LogP contribution in [0.3, 0.4) is 0 Å². The summed E-state index contributed by atoms with van der Waals surface area (Å²) in [5, 5.41) is 6.38. The second-order valence-corrected chi connectivity index (χ2v) is 15.6. The molecular weight excluding hydrogens is 895 g/mol. The Morgan fingerprint density at radius 2 is 1.98 bits per heavy atom. The standard InChI is InChI=1S/C24H27B4I2N5O11S2/c1-12-13(2)20(43-14(3)36)22(45-19(12)21(38)28(29)27-47-41)44-17-6-5-15(9-42-24(40)35-11-31-10-32-35)7-16(17)33-18(37)8-34(4)23(39)46-48(30)26-25/h5-7,10-13,19-20,22H,8-9H2,1-4H3,(H,33,37)/t12-,13-,19?,20?,22+,48?/m0/s1. The third kappa shape index (κ3) is 11.3. The molecule has 0 saturated carbocycles. The summed E-state index contributed by atoms with van der Waals surface area (Å²) >= 11 is 3.81. The number of aromatic nitrogens is 3. The summed E-state index contributed by atoms with van der Waals surface area (Å²) in [6.07, 6.45) is -2.59. The molecule has 48 heavy (non-hydrogen) atoms. The van der Waals surface area contributed by atoms with Gasteiger partial charge in [-0.1, -0.05) is 0 Å². The molecule has 3 rings (SSSR count). The van der Waals surface area contributed by atoms with E-state index < -0.39 is 73.2 Å². The number of rotatable bonds is 12. The summed E-state index contributed by atoms with van der Waals surface area (Å²) in [6.45, 7) is 4.09. The fraction of sp³-hybridized carbons (Fsp3) is 0.458. The molecule has 1 N–H and O–H groups in total. The predicted molar refractivity (Wildman–Crippen MR) is 195 cm³/mol. The number of hydrogen-bond donors (Lipinski definition) is 1. The predicted octanol–water partition coefficient (Wildman–Crippen LogP) is 1.88. The van der Waals surface area contributed by atoms with Crippen molar-refractivity contribution in [3.05, 3.63) is 36.4 Å². The van der Waals surface area contributed by atoms with E-state index in [1.54, 1.807) is 19.9 Å². The van der Waals surface area contributed by atoms with Crippen LogP contribution >= 0.6 is 51.4 Å². The van der Waals surface area contributed by atoms with Gasteiger partial charge in [0.05, 0.1) is 0 Å². The number of halogens is 2. The van der Waals surface area contributed by atoms with Gasteiger partial charge < -0.3 is 0 Å². The second kappa shape index (κ2) is 19.1. The van der Waals surface area contributed by atoms with Crippen LogP contribution in [0.15, 0.2) is 30.9 Å². The molecule has 1 aromatic carbocycles. The van der Waals surface area contributed by atoms with Gasteiger partial charge in [-0.25, -0.2) is 9.78 Å². The first-order chi connectivity index (χ1) is 22.7. The Balaban J connectivity index is 1.93. The first kappa shape index (κ1) is 40.0. The van der Waals surface area contributed by atoms with Gasteiger partial charge in [-0.2, -0.15) is 4.68 Å². The number of likely N-dealkylation sites (N-methyl/N-ethyl adjacent to an activating group) is 1. The van der Waals surface area contributed by atoms with E-state index in [-0.39, 0.29) is 34.8 Å². The average molecular weight is 923 g/mol. The molecule has 3 unspecified atom stereocenters. The summed E-state index contributed by atoms with van der Waals surface area (Å²) < 4.78 is 39.5. The van der Waals surface area contributed by atoms with Crippen LogP contribution in [0, 0.1) is 11.8 Å².